The number of nitrogens with one attached hydrogen (secondary N) is 1. The van der Waals surface area contributed by atoms with Gasteiger partial charge in [-0.05, 0) is 68.7 Å². The first-order valence-electron chi connectivity index (χ1n) is 12.7. The monoisotopic (exact) mass is 491 g/mol. The largest absolute Gasteiger partial charge is 0.490 e. The van der Waals surface area contributed by atoms with Crippen molar-refractivity contribution >= 4 is 11.9 Å². The van der Waals surface area contributed by atoms with E-state index in [9.17, 15) is 4.79 Å². The molecule has 2 aliphatic rings. The number of carbonyl (C=O) groups excluding carboxylic acids is 1. The summed E-state index contributed by atoms with van der Waals surface area (Å²) in [4.78, 5) is 27.4. The summed E-state index contributed by atoms with van der Waals surface area (Å²) in [6.07, 6.45) is 10.1. The minimum Gasteiger partial charge on any atom is -0.490 e. The number of morpholine rings is 1. The zero-order chi connectivity index (χ0) is 24.7. The molecule has 2 aromatic heterocycles. The van der Waals surface area contributed by atoms with Crippen LogP contribution in [0.5, 0.6) is 5.75 Å². The van der Waals surface area contributed by atoms with E-state index in [0.717, 1.165) is 81.4 Å². The van der Waals surface area contributed by atoms with Crippen molar-refractivity contribution in [2.24, 2.45) is 5.92 Å². The van der Waals surface area contributed by atoms with Gasteiger partial charge in [-0.3, -0.25) is 4.79 Å². The Morgan fingerprint density at radius 3 is 2.64 bits per heavy atom. The topological polar surface area (TPSA) is 103 Å². The molecule has 0 radical (unpaired) electrons. The lowest BCUT2D eigenvalue weighted by atomic mass is 9.84. The summed E-state index contributed by atoms with van der Waals surface area (Å²) >= 11 is 0. The smallest absolute Gasteiger partial charge is 0.289 e. The molecule has 1 atom stereocenters. The van der Waals surface area contributed by atoms with Gasteiger partial charge >= 0.3 is 0 Å². The zero-order valence-corrected chi connectivity index (χ0v) is 20.6. The van der Waals surface area contributed by atoms with Crippen molar-refractivity contribution < 1.29 is 18.7 Å². The molecule has 5 rings (SSSR count). The average molecular weight is 492 g/mol. The highest BCUT2D eigenvalue weighted by atomic mass is 16.5. The minimum absolute atomic E-state index is 0.155. The Labute approximate surface area is 211 Å². The number of benzene rings is 1. The van der Waals surface area contributed by atoms with Gasteiger partial charge < -0.3 is 24.1 Å². The maximum absolute atomic E-state index is 12.2. The summed E-state index contributed by atoms with van der Waals surface area (Å²) in [6, 6.07) is 9.83. The van der Waals surface area contributed by atoms with Crippen LogP contribution in [-0.2, 0) is 11.2 Å². The summed E-state index contributed by atoms with van der Waals surface area (Å²) in [5.41, 5.74) is 2.12. The lowest BCUT2D eigenvalue weighted by Crippen LogP contribution is -2.37. The van der Waals surface area contributed by atoms with Crippen LogP contribution in [-0.4, -0.2) is 53.3 Å². The molecule has 0 bridgehead atoms. The second kappa shape index (κ2) is 11.5. The molecule has 3 heterocycles. The first-order chi connectivity index (χ1) is 17.6. The highest BCUT2D eigenvalue weighted by molar-refractivity contribution is 5.91. The number of oxazole rings is 1. The van der Waals surface area contributed by atoms with Crippen LogP contribution < -0.4 is 15.0 Å². The highest BCUT2D eigenvalue weighted by Gasteiger charge is 2.24. The third kappa shape index (κ3) is 6.20. The van der Waals surface area contributed by atoms with E-state index >= 15 is 0 Å². The molecule has 1 amide bonds. The van der Waals surface area contributed by atoms with Crippen molar-refractivity contribution in [3.05, 3.63) is 66.1 Å². The fraction of sp³-hybridized carbons (Fsp3) is 0.481. The van der Waals surface area contributed by atoms with E-state index in [-0.39, 0.29) is 23.8 Å². The summed E-state index contributed by atoms with van der Waals surface area (Å²) in [7, 11) is 0. The number of ether oxygens (including phenoxy) is 2. The van der Waals surface area contributed by atoms with Gasteiger partial charge in [0.25, 0.3) is 5.91 Å². The molecule has 3 aromatic rings. The third-order valence-electron chi connectivity index (χ3n) is 6.97. The van der Waals surface area contributed by atoms with Gasteiger partial charge in [-0.25, -0.2) is 15.0 Å². The molecular weight excluding hydrogens is 458 g/mol. The number of aromatic nitrogens is 3. The predicted octanol–water partition coefficient (Wildman–Crippen LogP) is 3.97. The van der Waals surface area contributed by atoms with Crippen LogP contribution in [0, 0.1) is 5.92 Å². The average Bonchev–Trinajstić information content (AvgIpc) is 3.46. The van der Waals surface area contributed by atoms with Gasteiger partial charge in [0.2, 0.25) is 11.7 Å². The number of hydrogen-bond acceptors (Lipinski definition) is 8. The van der Waals surface area contributed by atoms with Crippen LogP contribution in [0.4, 0.5) is 5.95 Å². The quantitative estimate of drug-likeness (QED) is 0.505. The number of rotatable bonds is 8. The summed E-state index contributed by atoms with van der Waals surface area (Å²) in [5, 5.41) is 2.92. The second-order valence-corrected chi connectivity index (χ2v) is 9.54. The van der Waals surface area contributed by atoms with E-state index < -0.39 is 0 Å². The van der Waals surface area contributed by atoms with Gasteiger partial charge in [0.05, 0.1) is 31.6 Å². The van der Waals surface area contributed by atoms with Crippen LogP contribution in [0.2, 0.25) is 0 Å². The number of hydrogen-bond donors (Lipinski definition) is 1. The van der Waals surface area contributed by atoms with Crippen molar-refractivity contribution in [2.45, 2.75) is 51.2 Å². The zero-order valence-electron chi connectivity index (χ0n) is 20.6. The molecule has 9 heteroatoms. The Hall–Kier alpha value is -3.46. The van der Waals surface area contributed by atoms with Crippen molar-refractivity contribution in [2.75, 3.05) is 31.2 Å². The molecule has 2 fully saturated rings. The first kappa shape index (κ1) is 24.2. The van der Waals surface area contributed by atoms with Crippen LogP contribution >= 0.6 is 0 Å². The summed E-state index contributed by atoms with van der Waals surface area (Å²) < 4.78 is 16.8. The molecule has 1 saturated heterocycles. The van der Waals surface area contributed by atoms with Gasteiger partial charge in [-0.15, -0.1) is 0 Å². The van der Waals surface area contributed by atoms with Gasteiger partial charge in [0.15, 0.2) is 6.39 Å². The van der Waals surface area contributed by atoms with E-state index in [2.05, 4.69) is 20.2 Å². The molecule has 9 nitrogen and oxygen atoms in total. The Kier molecular flexibility index (Phi) is 7.76. The van der Waals surface area contributed by atoms with Gasteiger partial charge in [-0.2, -0.15) is 0 Å². The summed E-state index contributed by atoms with van der Waals surface area (Å²) in [6.45, 7) is 5.11. The normalized spacial score (nSPS) is 21.1. The van der Waals surface area contributed by atoms with Crippen LogP contribution in [0.15, 0.2) is 53.5 Å². The lowest BCUT2D eigenvalue weighted by Gasteiger charge is -2.29. The second-order valence-electron chi connectivity index (χ2n) is 9.54. The number of amides is 1. The molecule has 1 aliphatic carbocycles. The Balaban J connectivity index is 1.08. The van der Waals surface area contributed by atoms with Crippen molar-refractivity contribution in [1.82, 2.24) is 20.3 Å². The minimum atomic E-state index is -0.281. The predicted molar refractivity (Wildman–Crippen MR) is 134 cm³/mol. The van der Waals surface area contributed by atoms with E-state index in [1.165, 1.54) is 12.6 Å². The SMILES string of the molecule is CC(NC(=O)c1cnco1)c1ccc(OC2CCC(Cc3ccnc(N4CCOCC4)n3)CC2)cc1. The van der Waals surface area contributed by atoms with E-state index in [4.69, 9.17) is 18.9 Å². The van der Waals surface area contributed by atoms with E-state index in [1.54, 1.807) is 0 Å². The molecule has 0 spiro atoms. The lowest BCUT2D eigenvalue weighted by molar-refractivity contribution is 0.0912. The molecule has 190 valence electrons. The molecule has 1 unspecified atom stereocenters. The van der Waals surface area contributed by atoms with Crippen molar-refractivity contribution in [3.63, 3.8) is 0 Å². The first-order valence-corrected chi connectivity index (χ1v) is 12.7. The van der Waals surface area contributed by atoms with Gasteiger partial charge in [0.1, 0.15) is 5.75 Å². The maximum atomic E-state index is 12.2. The molecule has 1 N–H and O–H groups in total. The number of carbonyl (C=O) groups is 1. The van der Waals surface area contributed by atoms with Crippen LogP contribution in [0.1, 0.15) is 60.5 Å². The molecular formula is C27H33N5O4. The Morgan fingerprint density at radius 2 is 1.92 bits per heavy atom. The standard InChI is InChI=1S/C27H33N5O4/c1-19(30-26(33)25-17-28-18-35-25)21-4-8-24(9-5-21)36-23-6-2-20(3-7-23)16-22-10-11-29-27(31-22)32-12-14-34-15-13-32/h4-5,8-11,17-20,23H,2-3,6-7,12-16H2,1H3,(H,30,33). The highest BCUT2D eigenvalue weighted by Crippen LogP contribution is 2.30. The van der Waals surface area contributed by atoms with E-state index in [1.807, 2.05) is 43.5 Å². The summed E-state index contributed by atoms with van der Waals surface area (Å²) in [5.74, 6) is 2.23. The van der Waals surface area contributed by atoms with Crippen LogP contribution in [0.3, 0.4) is 0 Å². The van der Waals surface area contributed by atoms with Gasteiger partial charge in [0, 0.05) is 25.0 Å². The van der Waals surface area contributed by atoms with Crippen molar-refractivity contribution in [1.29, 1.82) is 0 Å². The fourth-order valence-electron chi connectivity index (χ4n) is 4.87. The molecule has 1 saturated carbocycles. The van der Waals surface area contributed by atoms with Crippen molar-refractivity contribution in [3.8, 4) is 5.75 Å². The number of anilines is 1. The van der Waals surface area contributed by atoms with E-state index in [0.29, 0.717) is 5.92 Å². The number of nitrogens with zero attached hydrogens (tertiary/aromatic N) is 4. The Bertz CT molecular complexity index is 1110. The Morgan fingerprint density at radius 1 is 1.14 bits per heavy atom. The molecule has 1 aliphatic heterocycles. The third-order valence-corrected chi connectivity index (χ3v) is 6.97. The maximum Gasteiger partial charge on any atom is 0.289 e. The van der Waals surface area contributed by atoms with Gasteiger partial charge in [-0.1, -0.05) is 12.1 Å². The van der Waals surface area contributed by atoms with Crippen LogP contribution in [0.25, 0.3) is 0 Å². The fourth-order valence-corrected chi connectivity index (χ4v) is 4.87. The molecule has 1 aromatic carbocycles. The molecule has 36 heavy (non-hydrogen) atoms.